The van der Waals surface area contributed by atoms with E-state index >= 15 is 0 Å². The minimum Gasteiger partial charge on any atom is -0.398 e. The normalized spacial score (nSPS) is 10.2. The average Bonchev–Trinajstić information content (AvgIpc) is 2.56. The molecule has 0 unspecified atom stereocenters. The molecular formula is C18H14ClN3. The minimum absolute atomic E-state index is 0.508. The van der Waals surface area contributed by atoms with Crippen LogP contribution in [0.25, 0.3) is 11.8 Å². The highest BCUT2D eigenvalue weighted by Crippen LogP contribution is 2.15. The van der Waals surface area contributed by atoms with Crippen molar-refractivity contribution in [1.82, 2.24) is 0 Å². The van der Waals surface area contributed by atoms with Gasteiger partial charge in [-0.05, 0) is 23.3 Å². The first-order chi connectivity index (χ1) is 10.7. The molecule has 0 bridgehead atoms. The molecule has 0 aliphatic rings. The summed E-state index contributed by atoms with van der Waals surface area (Å²) < 4.78 is 0. The van der Waals surface area contributed by atoms with E-state index in [-0.39, 0.29) is 0 Å². The number of hydrogen-bond acceptors (Lipinski definition) is 3. The van der Waals surface area contributed by atoms with Crippen molar-refractivity contribution in [3.8, 4) is 12.1 Å². The van der Waals surface area contributed by atoms with Crippen LogP contribution in [0, 0.1) is 22.7 Å². The molecule has 0 saturated heterocycles. The number of hydrogen-bond donors (Lipinski definition) is 1. The summed E-state index contributed by atoms with van der Waals surface area (Å²) in [6.45, 7) is 0. The molecule has 0 aliphatic carbocycles. The van der Waals surface area contributed by atoms with E-state index in [9.17, 15) is 0 Å². The lowest BCUT2D eigenvalue weighted by Crippen LogP contribution is -1.94. The first kappa shape index (κ1) is 17.0. The highest BCUT2D eigenvalue weighted by atomic mass is 35.5. The molecule has 0 heterocycles. The minimum atomic E-state index is 0.508. The lowest BCUT2D eigenvalue weighted by molar-refractivity contribution is 1.49. The monoisotopic (exact) mass is 307 g/mol. The Bertz CT molecular complexity index is 735. The number of nitrogens with zero attached hydrogens (tertiary/aromatic N) is 2. The van der Waals surface area contributed by atoms with Gasteiger partial charge in [0.1, 0.15) is 0 Å². The molecule has 0 atom stereocenters. The largest absolute Gasteiger partial charge is 0.398 e. The fourth-order valence-corrected chi connectivity index (χ4v) is 1.72. The predicted octanol–water partition coefficient (Wildman–Crippen LogP) is 4.39. The fraction of sp³-hybridized carbons (Fsp3) is 0. The topological polar surface area (TPSA) is 73.6 Å². The van der Waals surface area contributed by atoms with Gasteiger partial charge >= 0.3 is 0 Å². The third-order valence-electron chi connectivity index (χ3n) is 2.57. The van der Waals surface area contributed by atoms with E-state index in [0.717, 1.165) is 11.1 Å². The van der Waals surface area contributed by atoms with Crippen LogP contribution < -0.4 is 5.73 Å². The van der Waals surface area contributed by atoms with Crippen LogP contribution in [0.1, 0.15) is 11.1 Å². The van der Waals surface area contributed by atoms with Crippen LogP contribution in [-0.2, 0) is 0 Å². The molecule has 2 N–H and O–H groups in total. The van der Waals surface area contributed by atoms with Crippen LogP contribution in [0.5, 0.6) is 0 Å². The van der Waals surface area contributed by atoms with Crippen molar-refractivity contribution in [2.75, 3.05) is 0 Å². The number of nitriles is 2. The summed E-state index contributed by atoms with van der Waals surface area (Å²) >= 11 is 5.80. The van der Waals surface area contributed by atoms with E-state index in [0.29, 0.717) is 10.7 Å². The van der Waals surface area contributed by atoms with Crippen molar-refractivity contribution in [2.45, 2.75) is 0 Å². The molecule has 2 aromatic rings. The maximum absolute atomic E-state index is 8.29. The van der Waals surface area contributed by atoms with Crippen molar-refractivity contribution in [2.24, 2.45) is 5.73 Å². The highest BCUT2D eigenvalue weighted by Gasteiger charge is 1.92. The van der Waals surface area contributed by atoms with Gasteiger partial charge in [-0.15, -0.1) is 0 Å². The Kier molecular flexibility index (Phi) is 7.61. The lowest BCUT2D eigenvalue weighted by Gasteiger charge is -1.96. The van der Waals surface area contributed by atoms with Crippen LogP contribution in [0.4, 0.5) is 0 Å². The van der Waals surface area contributed by atoms with E-state index in [4.69, 9.17) is 27.9 Å². The summed E-state index contributed by atoms with van der Waals surface area (Å²) in [5.41, 5.74) is 7.81. The maximum Gasteiger partial charge on any atom is 0.0933 e. The van der Waals surface area contributed by atoms with Gasteiger partial charge in [0.2, 0.25) is 0 Å². The third kappa shape index (κ3) is 5.96. The Labute approximate surface area is 135 Å². The zero-order valence-electron chi connectivity index (χ0n) is 11.8. The van der Waals surface area contributed by atoms with Gasteiger partial charge < -0.3 is 5.73 Å². The molecule has 0 aromatic heterocycles. The van der Waals surface area contributed by atoms with Gasteiger partial charge in [0.25, 0.3) is 0 Å². The number of allylic oxidation sites excluding steroid dienone is 2. The molecule has 0 amide bonds. The second-order valence-electron chi connectivity index (χ2n) is 4.08. The number of halogens is 1. The standard InChI is InChI=1S/C9H6ClN.C9H8N2/c10-9-6-2-1-4-8(9)5-3-7-11;10-7-6-9(11)8-4-2-1-3-5-8/h1-6H;1-6H,11H2/b5-3+;9-6-. The lowest BCUT2D eigenvalue weighted by atomic mass is 10.2. The van der Waals surface area contributed by atoms with Gasteiger partial charge in [0, 0.05) is 22.9 Å². The smallest absolute Gasteiger partial charge is 0.0933 e. The van der Waals surface area contributed by atoms with E-state index in [1.165, 1.54) is 12.2 Å². The summed E-state index contributed by atoms with van der Waals surface area (Å²) in [4.78, 5) is 0. The number of nitrogens with two attached hydrogens (primary N) is 1. The van der Waals surface area contributed by atoms with Crippen LogP contribution in [0.3, 0.4) is 0 Å². The van der Waals surface area contributed by atoms with Crippen molar-refractivity contribution in [3.63, 3.8) is 0 Å². The molecule has 108 valence electrons. The van der Waals surface area contributed by atoms with Crippen LogP contribution in [0.2, 0.25) is 5.02 Å². The highest BCUT2D eigenvalue weighted by molar-refractivity contribution is 6.32. The van der Waals surface area contributed by atoms with Gasteiger partial charge in [0.05, 0.1) is 12.1 Å². The Hall–Kier alpha value is -3.01. The Morgan fingerprint density at radius 1 is 0.955 bits per heavy atom. The summed E-state index contributed by atoms with van der Waals surface area (Å²) in [5.74, 6) is 0. The van der Waals surface area contributed by atoms with Gasteiger partial charge in [-0.1, -0.05) is 60.1 Å². The van der Waals surface area contributed by atoms with Crippen LogP contribution in [0.15, 0.2) is 66.7 Å². The molecule has 0 saturated carbocycles. The van der Waals surface area contributed by atoms with Gasteiger partial charge in [-0.3, -0.25) is 0 Å². The van der Waals surface area contributed by atoms with Gasteiger partial charge in [0.15, 0.2) is 0 Å². The molecular weight excluding hydrogens is 294 g/mol. The van der Waals surface area contributed by atoms with Crippen molar-refractivity contribution >= 4 is 23.4 Å². The Morgan fingerprint density at radius 2 is 1.59 bits per heavy atom. The molecule has 22 heavy (non-hydrogen) atoms. The summed E-state index contributed by atoms with van der Waals surface area (Å²) in [7, 11) is 0. The number of rotatable bonds is 2. The fourth-order valence-electron chi connectivity index (χ4n) is 1.52. The van der Waals surface area contributed by atoms with Crippen LogP contribution >= 0.6 is 11.6 Å². The van der Waals surface area contributed by atoms with Crippen LogP contribution in [-0.4, -0.2) is 0 Å². The third-order valence-corrected chi connectivity index (χ3v) is 2.91. The molecule has 2 rings (SSSR count). The predicted molar refractivity (Wildman–Crippen MR) is 90.3 cm³/mol. The maximum atomic E-state index is 8.29. The Balaban J connectivity index is 0.000000220. The summed E-state index contributed by atoms with van der Waals surface area (Å²) in [5, 5.41) is 17.2. The number of benzene rings is 2. The second-order valence-corrected chi connectivity index (χ2v) is 4.49. The summed E-state index contributed by atoms with van der Waals surface area (Å²) in [6, 6.07) is 20.6. The zero-order valence-corrected chi connectivity index (χ0v) is 12.5. The van der Waals surface area contributed by atoms with Gasteiger partial charge in [-0.2, -0.15) is 10.5 Å². The SMILES string of the molecule is N#C/C=C(\N)c1ccccc1.N#C/C=C/c1ccccc1Cl. The quantitative estimate of drug-likeness (QED) is 0.836. The first-order valence-electron chi connectivity index (χ1n) is 6.40. The van der Waals surface area contributed by atoms with Crippen molar-refractivity contribution < 1.29 is 0 Å². The molecule has 2 aromatic carbocycles. The Morgan fingerprint density at radius 3 is 2.18 bits per heavy atom. The molecule has 0 spiro atoms. The van der Waals surface area contributed by atoms with E-state index < -0.39 is 0 Å². The van der Waals surface area contributed by atoms with Gasteiger partial charge in [-0.25, -0.2) is 0 Å². The molecule has 0 radical (unpaired) electrons. The van der Waals surface area contributed by atoms with Crippen molar-refractivity contribution in [1.29, 1.82) is 10.5 Å². The molecule has 3 nitrogen and oxygen atoms in total. The van der Waals surface area contributed by atoms with E-state index in [1.54, 1.807) is 12.1 Å². The zero-order chi connectivity index (χ0) is 16.2. The second kappa shape index (κ2) is 9.83. The summed E-state index contributed by atoms with van der Waals surface area (Å²) in [6.07, 6.45) is 4.42. The molecule has 4 heteroatoms. The average molecular weight is 308 g/mol. The van der Waals surface area contributed by atoms with E-state index in [2.05, 4.69) is 0 Å². The molecule has 0 fully saturated rings. The molecule has 0 aliphatic heterocycles. The van der Waals surface area contributed by atoms with E-state index in [1.807, 2.05) is 60.7 Å². The first-order valence-corrected chi connectivity index (χ1v) is 6.78. The van der Waals surface area contributed by atoms with Crippen molar-refractivity contribution in [3.05, 3.63) is 82.9 Å².